The molecule has 9 heteroatoms. The van der Waals surface area contributed by atoms with Gasteiger partial charge in [-0.1, -0.05) is 11.3 Å². The maximum Gasteiger partial charge on any atom is 0.347 e. The standard InChI is InChI=1S/C15H17N4O3PS/c1-9-12(13(20)21)24-14(17-9)19-11-5-4-10(8-16-11)18-15(22)23-6-2-3-7-23/h4-5,8H,2-3,6-7H2,1H3,(H,18,22)(H,20,21)(H,16,17,19). The van der Waals surface area contributed by atoms with Gasteiger partial charge in [0, 0.05) is 0 Å². The van der Waals surface area contributed by atoms with E-state index in [-0.39, 0.29) is 10.5 Å². The van der Waals surface area contributed by atoms with E-state index in [1.807, 2.05) is 0 Å². The molecule has 2 aromatic heterocycles. The third kappa shape index (κ3) is 3.88. The summed E-state index contributed by atoms with van der Waals surface area (Å²) in [6, 6.07) is 3.51. The van der Waals surface area contributed by atoms with Crippen LogP contribution >= 0.6 is 19.3 Å². The average molecular weight is 364 g/mol. The van der Waals surface area contributed by atoms with Crippen molar-refractivity contribution < 1.29 is 14.7 Å². The van der Waals surface area contributed by atoms with Crippen LogP contribution in [0.3, 0.4) is 0 Å². The minimum absolute atomic E-state index is 0.117. The summed E-state index contributed by atoms with van der Waals surface area (Å²) in [6.07, 6.45) is 5.91. The number of anilines is 3. The Hall–Kier alpha value is -2.05. The van der Waals surface area contributed by atoms with E-state index in [0.29, 0.717) is 22.3 Å². The van der Waals surface area contributed by atoms with Crippen LogP contribution in [0.4, 0.5) is 21.4 Å². The number of pyridine rings is 1. The molecular weight excluding hydrogens is 347 g/mol. The van der Waals surface area contributed by atoms with Gasteiger partial charge in [-0.05, 0) is 52.1 Å². The summed E-state index contributed by atoms with van der Waals surface area (Å²) in [5.74, 6) is -0.441. The molecule has 2 aromatic rings. The first-order chi connectivity index (χ1) is 11.5. The number of carbonyl (C=O) groups excluding carboxylic acids is 1. The molecule has 0 unspecified atom stereocenters. The molecule has 0 aromatic carbocycles. The van der Waals surface area contributed by atoms with Crippen molar-refractivity contribution in [3.63, 3.8) is 0 Å². The van der Waals surface area contributed by atoms with Gasteiger partial charge in [-0.3, -0.25) is 4.79 Å². The number of aryl methyl sites for hydroxylation is 1. The Kier molecular flexibility index (Phi) is 5.06. The summed E-state index contributed by atoms with van der Waals surface area (Å²) in [5.41, 5.74) is 1.26. The van der Waals surface area contributed by atoms with Gasteiger partial charge in [0.15, 0.2) is 5.13 Å². The summed E-state index contributed by atoms with van der Waals surface area (Å²) in [7, 11) is -0.542. The van der Waals surface area contributed by atoms with Crippen molar-refractivity contribution in [2.24, 2.45) is 0 Å². The summed E-state index contributed by atoms with van der Waals surface area (Å²) >= 11 is 1.07. The average Bonchev–Trinajstić information content (AvgIpc) is 3.19. The first-order valence-corrected chi connectivity index (χ1v) is 10.1. The number of carboxylic acid groups (broad SMARTS) is 1. The highest BCUT2D eigenvalue weighted by Gasteiger charge is 2.22. The molecular formula is C15H17N4O3PS. The number of carbonyl (C=O) groups is 2. The van der Waals surface area contributed by atoms with E-state index < -0.39 is 13.9 Å². The number of nitrogens with zero attached hydrogens (tertiary/aromatic N) is 2. The Bertz CT molecular complexity index is 757. The summed E-state index contributed by atoms with van der Waals surface area (Å²) < 4.78 is 0. The number of thiazole rings is 1. The molecule has 24 heavy (non-hydrogen) atoms. The van der Waals surface area contributed by atoms with E-state index in [9.17, 15) is 9.59 Å². The molecule has 0 saturated carbocycles. The maximum atomic E-state index is 12.1. The van der Waals surface area contributed by atoms with Crippen LogP contribution in [0.5, 0.6) is 0 Å². The predicted octanol–water partition coefficient (Wildman–Crippen LogP) is 4.10. The number of aromatic carboxylic acids is 1. The maximum absolute atomic E-state index is 12.1. The van der Waals surface area contributed by atoms with Crippen molar-refractivity contribution in [3.8, 4) is 0 Å². The van der Waals surface area contributed by atoms with Crippen molar-refractivity contribution in [2.75, 3.05) is 23.0 Å². The molecule has 3 rings (SSSR count). The van der Waals surface area contributed by atoms with Crippen molar-refractivity contribution in [2.45, 2.75) is 19.8 Å². The first-order valence-electron chi connectivity index (χ1n) is 7.52. The fraction of sp³-hybridized carbons (Fsp3) is 0.333. The smallest absolute Gasteiger partial charge is 0.347 e. The van der Waals surface area contributed by atoms with Gasteiger partial charge < -0.3 is 15.7 Å². The summed E-state index contributed by atoms with van der Waals surface area (Å²) in [5, 5.41) is 15.4. The summed E-state index contributed by atoms with van der Waals surface area (Å²) in [6.45, 7) is 1.65. The van der Waals surface area contributed by atoms with Gasteiger partial charge in [0.2, 0.25) is 5.65 Å². The fourth-order valence-corrected chi connectivity index (χ4v) is 5.36. The molecule has 1 saturated heterocycles. The molecule has 0 aliphatic carbocycles. The van der Waals surface area contributed by atoms with E-state index in [1.165, 1.54) is 0 Å². The Morgan fingerprint density at radius 3 is 2.62 bits per heavy atom. The zero-order chi connectivity index (χ0) is 17.1. The van der Waals surface area contributed by atoms with Gasteiger partial charge in [-0.15, -0.1) is 0 Å². The second kappa shape index (κ2) is 7.23. The minimum atomic E-state index is -0.988. The number of hydrogen-bond acceptors (Lipinski definition) is 6. The lowest BCUT2D eigenvalue weighted by atomic mass is 10.4. The highest BCUT2D eigenvalue weighted by atomic mass is 32.1. The van der Waals surface area contributed by atoms with Crippen molar-refractivity contribution >= 4 is 47.5 Å². The third-order valence-corrected chi connectivity index (χ3v) is 7.09. The van der Waals surface area contributed by atoms with E-state index in [2.05, 4.69) is 20.6 Å². The third-order valence-electron chi connectivity index (χ3n) is 3.63. The Morgan fingerprint density at radius 1 is 1.29 bits per heavy atom. The quantitative estimate of drug-likeness (QED) is 0.690. The predicted molar refractivity (Wildman–Crippen MR) is 96.2 cm³/mol. The molecule has 0 spiro atoms. The fourth-order valence-electron chi connectivity index (χ4n) is 2.42. The Labute approximate surface area is 144 Å². The molecule has 1 fully saturated rings. The molecule has 1 aliphatic rings. The molecule has 3 heterocycles. The largest absolute Gasteiger partial charge is 0.477 e. The molecule has 3 N–H and O–H groups in total. The molecule has 1 amide bonds. The number of nitrogens with one attached hydrogen (secondary N) is 2. The molecule has 126 valence electrons. The zero-order valence-electron chi connectivity index (χ0n) is 13.1. The van der Waals surface area contributed by atoms with E-state index in [0.717, 1.165) is 36.5 Å². The van der Waals surface area contributed by atoms with Crippen LogP contribution in [0.15, 0.2) is 18.3 Å². The van der Waals surface area contributed by atoms with Crippen LogP contribution < -0.4 is 10.6 Å². The van der Waals surface area contributed by atoms with Crippen molar-refractivity contribution in [1.29, 1.82) is 0 Å². The van der Waals surface area contributed by atoms with Crippen molar-refractivity contribution in [3.05, 3.63) is 28.9 Å². The van der Waals surface area contributed by atoms with Crippen LogP contribution in [0.25, 0.3) is 0 Å². The lowest BCUT2D eigenvalue weighted by Crippen LogP contribution is -2.08. The number of aromatic nitrogens is 2. The molecule has 0 radical (unpaired) electrons. The van der Waals surface area contributed by atoms with Crippen LogP contribution in [-0.2, 0) is 0 Å². The highest BCUT2D eigenvalue weighted by Crippen LogP contribution is 2.44. The van der Waals surface area contributed by atoms with Gasteiger partial charge in [-0.2, -0.15) is 0 Å². The normalized spacial score (nSPS) is 14.5. The van der Waals surface area contributed by atoms with E-state index in [4.69, 9.17) is 5.11 Å². The number of carboxylic acids is 1. The Morgan fingerprint density at radius 2 is 2.04 bits per heavy atom. The number of hydrogen-bond donors (Lipinski definition) is 3. The Balaban J connectivity index is 1.63. The number of amides is 1. The molecule has 0 atom stereocenters. The lowest BCUT2D eigenvalue weighted by molar-refractivity contribution is 0.0701. The van der Waals surface area contributed by atoms with Crippen LogP contribution in [0.1, 0.15) is 28.2 Å². The topological polar surface area (TPSA) is 104 Å². The van der Waals surface area contributed by atoms with E-state index in [1.54, 1.807) is 25.3 Å². The molecule has 1 aliphatic heterocycles. The minimum Gasteiger partial charge on any atom is -0.477 e. The van der Waals surface area contributed by atoms with Gasteiger partial charge in [-0.25, -0.2) is 14.8 Å². The SMILES string of the molecule is Cc1nc(Nc2ccc(NC(=O)P3CCCC3)cn2)sc1C(=O)O. The van der Waals surface area contributed by atoms with Crippen LogP contribution in [-0.4, -0.2) is 39.0 Å². The zero-order valence-corrected chi connectivity index (χ0v) is 14.8. The molecule has 0 bridgehead atoms. The van der Waals surface area contributed by atoms with Gasteiger partial charge >= 0.3 is 5.97 Å². The van der Waals surface area contributed by atoms with Gasteiger partial charge in [0.25, 0.3) is 0 Å². The van der Waals surface area contributed by atoms with Crippen LogP contribution in [0.2, 0.25) is 0 Å². The summed E-state index contributed by atoms with van der Waals surface area (Å²) in [4.78, 5) is 31.8. The second-order valence-electron chi connectivity index (χ2n) is 5.42. The monoisotopic (exact) mass is 364 g/mol. The molecule has 7 nitrogen and oxygen atoms in total. The lowest BCUT2D eigenvalue weighted by Gasteiger charge is -2.10. The van der Waals surface area contributed by atoms with E-state index >= 15 is 0 Å². The second-order valence-corrected chi connectivity index (χ2v) is 8.80. The van der Waals surface area contributed by atoms with Gasteiger partial charge in [0.05, 0.1) is 17.6 Å². The van der Waals surface area contributed by atoms with Crippen molar-refractivity contribution in [1.82, 2.24) is 9.97 Å². The number of rotatable bonds is 5. The van der Waals surface area contributed by atoms with Gasteiger partial charge in [0.1, 0.15) is 10.7 Å². The highest BCUT2D eigenvalue weighted by molar-refractivity contribution is 7.75. The van der Waals surface area contributed by atoms with Crippen LogP contribution in [0, 0.1) is 6.92 Å². The first kappa shape index (κ1) is 16.8.